The lowest BCUT2D eigenvalue weighted by molar-refractivity contribution is -0.119. The van der Waals surface area contributed by atoms with Crippen LogP contribution in [0.3, 0.4) is 0 Å². The Morgan fingerprint density at radius 1 is 1.21 bits per heavy atom. The van der Waals surface area contributed by atoms with Crippen molar-refractivity contribution in [2.24, 2.45) is 5.73 Å². The molecule has 3 aromatic rings. The molecule has 3 amide bonds. The van der Waals surface area contributed by atoms with Crippen LogP contribution in [0.25, 0.3) is 11.1 Å². The smallest absolute Gasteiger partial charge is 0.414 e. The van der Waals surface area contributed by atoms with E-state index in [0.29, 0.717) is 33.9 Å². The number of anilines is 2. The van der Waals surface area contributed by atoms with E-state index in [1.165, 1.54) is 29.2 Å². The summed E-state index contributed by atoms with van der Waals surface area (Å²) in [6.45, 7) is 2.30. The number of cyclic esters (lactones) is 1. The molecule has 2 heterocycles. The molecular weight excluding hydrogens is 459 g/mol. The van der Waals surface area contributed by atoms with Crippen molar-refractivity contribution in [1.29, 1.82) is 0 Å². The number of carbonyl (C=O) groups is 3. The highest BCUT2D eigenvalue weighted by Crippen LogP contribution is 2.30. The molecule has 0 unspecified atom stereocenters. The zero-order chi connectivity index (χ0) is 24.2. The predicted molar refractivity (Wildman–Crippen MR) is 128 cm³/mol. The van der Waals surface area contributed by atoms with Crippen LogP contribution in [0.1, 0.15) is 22.8 Å². The molecule has 0 saturated carbocycles. The summed E-state index contributed by atoms with van der Waals surface area (Å²) in [6, 6.07) is 13.6. The summed E-state index contributed by atoms with van der Waals surface area (Å²) in [6.07, 6.45) is -1.07. The van der Waals surface area contributed by atoms with Gasteiger partial charge >= 0.3 is 6.09 Å². The molecule has 2 aromatic carbocycles. The number of rotatable bonds is 8. The molecule has 1 aromatic heterocycles. The van der Waals surface area contributed by atoms with Crippen molar-refractivity contribution < 1.29 is 23.5 Å². The molecule has 34 heavy (non-hydrogen) atoms. The molecule has 1 fully saturated rings. The summed E-state index contributed by atoms with van der Waals surface area (Å²) in [7, 11) is 0. The van der Waals surface area contributed by atoms with E-state index in [0.717, 1.165) is 5.56 Å². The molecule has 8 nitrogen and oxygen atoms in total. The average molecular weight is 483 g/mol. The third-order valence-corrected chi connectivity index (χ3v) is 6.24. The molecule has 0 aliphatic carbocycles. The summed E-state index contributed by atoms with van der Waals surface area (Å²) >= 11 is 1.40. The Labute approximate surface area is 199 Å². The maximum Gasteiger partial charge on any atom is 0.414 e. The molecule has 10 heteroatoms. The van der Waals surface area contributed by atoms with Crippen LogP contribution in [0.4, 0.5) is 19.9 Å². The second-order valence-corrected chi connectivity index (χ2v) is 8.71. The molecular formula is C24H23FN4O4S. The monoisotopic (exact) mass is 482 g/mol. The van der Waals surface area contributed by atoms with Gasteiger partial charge in [-0.05, 0) is 40.8 Å². The number of hydrogen-bond donors (Lipinski definition) is 3. The van der Waals surface area contributed by atoms with Gasteiger partial charge in [-0.15, -0.1) is 11.3 Å². The first-order valence-corrected chi connectivity index (χ1v) is 11.4. The predicted octanol–water partition coefficient (Wildman–Crippen LogP) is 3.73. The number of halogens is 1. The van der Waals surface area contributed by atoms with E-state index in [1.54, 1.807) is 23.6 Å². The van der Waals surface area contributed by atoms with Crippen LogP contribution in [0, 0.1) is 5.82 Å². The van der Waals surface area contributed by atoms with Gasteiger partial charge in [-0.2, -0.15) is 0 Å². The normalized spacial score (nSPS) is 15.2. The van der Waals surface area contributed by atoms with E-state index in [-0.39, 0.29) is 19.0 Å². The topological polar surface area (TPSA) is 114 Å². The van der Waals surface area contributed by atoms with Gasteiger partial charge in [-0.25, -0.2) is 9.18 Å². The number of nitrogens with two attached hydrogens (primary N) is 1. The maximum atomic E-state index is 14.9. The highest BCUT2D eigenvalue weighted by molar-refractivity contribution is 7.14. The number of primary amides is 1. The number of carbonyl (C=O) groups excluding carboxylic acids is 3. The van der Waals surface area contributed by atoms with Crippen LogP contribution in [0.5, 0.6) is 0 Å². The Bertz CT molecular complexity index is 1230. The highest BCUT2D eigenvalue weighted by atomic mass is 32.1. The van der Waals surface area contributed by atoms with Gasteiger partial charge in [0.15, 0.2) is 0 Å². The molecule has 1 aliphatic rings. The van der Waals surface area contributed by atoms with Crippen molar-refractivity contribution in [3.05, 3.63) is 70.9 Å². The fourth-order valence-corrected chi connectivity index (χ4v) is 4.42. The summed E-state index contributed by atoms with van der Waals surface area (Å²) in [4.78, 5) is 36.0. The summed E-state index contributed by atoms with van der Waals surface area (Å²) in [5, 5.41) is 8.30. The van der Waals surface area contributed by atoms with Gasteiger partial charge in [0, 0.05) is 19.0 Å². The third-order valence-electron chi connectivity index (χ3n) is 5.37. The van der Waals surface area contributed by atoms with E-state index in [1.807, 2.05) is 24.3 Å². The van der Waals surface area contributed by atoms with Crippen molar-refractivity contribution in [1.82, 2.24) is 5.32 Å². The fraction of sp³-hybridized carbons (Fsp3) is 0.208. The van der Waals surface area contributed by atoms with Gasteiger partial charge in [0.2, 0.25) is 5.91 Å². The Morgan fingerprint density at radius 3 is 2.65 bits per heavy atom. The standard InChI is InChI=1S/C24H23FN4O4S/c1-14(30)27-12-18-13-29(24(32)33-18)17-6-7-19(21(25)10-17)16-4-2-15(3-5-16)11-28-23-20(22(26)31)8-9-34-23/h2-10,18,28H,11-13H2,1H3,(H2,26,31)(H,27,30)/t18-/m0/s1. The molecule has 0 radical (unpaired) electrons. The molecule has 1 saturated heterocycles. The van der Waals surface area contributed by atoms with Gasteiger partial charge in [-0.1, -0.05) is 24.3 Å². The molecule has 0 bridgehead atoms. The van der Waals surface area contributed by atoms with Gasteiger partial charge < -0.3 is 21.1 Å². The number of amides is 3. The maximum absolute atomic E-state index is 14.9. The van der Waals surface area contributed by atoms with E-state index in [2.05, 4.69) is 10.6 Å². The second-order valence-electron chi connectivity index (χ2n) is 7.80. The van der Waals surface area contributed by atoms with Crippen LogP contribution in [0.15, 0.2) is 53.9 Å². The van der Waals surface area contributed by atoms with Crippen LogP contribution >= 0.6 is 11.3 Å². The van der Waals surface area contributed by atoms with Gasteiger partial charge in [0.1, 0.15) is 16.9 Å². The van der Waals surface area contributed by atoms with Crippen molar-refractivity contribution in [2.75, 3.05) is 23.3 Å². The van der Waals surface area contributed by atoms with Crippen molar-refractivity contribution in [3.63, 3.8) is 0 Å². The lowest BCUT2D eigenvalue weighted by atomic mass is 10.0. The van der Waals surface area contributed by atoms with Gasteiger partial charge in [0.25, 0.3) is 5.91 Å². The molecule has 1 atom stereocenters. The number of benzene rings is 2. The number of ether oxygens (including phenoxy) is 1. The Kier molecular flexibility index (Phi) is 6.78. The Hall–Kier alpha value is -3.92. The van der Waals surface area contributed by atoms with Crippen LogP contribution in [0.2, 0.25) is 0 Å². The molecule has 176 valence electrons. The first-order chi connectivity index (χ1) is 16.3. The van der Waals surface area contributed by atoms with Crippen LogP contribution in [-0.4, -0.2) is 37.1 Å². The van der Waals surface area contributed by atoms with Crippen molar-refractivity contribution in [2.45, 2.75) is 19.6 Å². The Balaban J connectivity index is 1.42. The number of nitrogens with one attached hydrogen (secondary N) is 2. The van der Waals surface area contributed by atoms with Crippen LogP contribution < -0.4 is 21.3 Å². The minimum Gasteiger partial charge on any atom is -0.442 e. The quantitative estimate of drug-likeness (QED) is 0.453. The molecule has 4 N–H and O–H groups in total. The number of nitrogens with zero attached hydrogens (tertiary/aromatic N) is 1. The van der Waals surface area contributed by atoms with E-state index >= 15 is 0 Å². The molecule has 4 rings (SSSR count). The first-order valence-electron chi connectivity index (χ1n) is 10.5. The minimum atomic E-state index is -0.579. The Morgan fingerprint density at radius 2 is 1.97 bits per heavy atom. The fourth-order valence-electron chi connectivity index (χ4n) is 3.63. The minimum absolute atomic E-state index is 0.204. The van der Waals surface area contributed by atoms with Gasteiger partial charge in [0.05, 0.1) is 24.3 Å². The average Bonchev–Trinajstić information content (AvgIpc) is 3.43. The third kappa shape index (κ3) is 5.18. The molecule has 1 aliphatic heterocycles. The summed E-state index contributed by atoms with van der Waals surface area (Å²) < 4.78 is 20.2. The zero-order valence-corrected chi connectivity index (χ0v) is 19.2. The lowest BCUT2D eigenvalue weighted by Gasteiger charge is -2.15. The van der Waals surface area contributed by atoms with E-state index in [9.17, 15) is 18.8 Å². The van der Waals surface area contributed by atoms with Gasteiger partial charge in [-0.3, -0.25) is 14.5 Å². The first kappa shape index (κ1) is 23.2. The summed E-state index contributed by atoms with van der Waals surface area (Å²) in [5.41, 5.74) is 8.25. The second kappa shape index (κ2) is 9.92. The van der Waals surface area contributed by atoms with E-state index < -0.39 is 23.9 Å². The lowest BCUT2D eigenvalue weighted by Crippen LogP contribution is -2.33. The van der Waals surface area contributed by atoms with Crippen molar-refractivity contribution >= 4 is 39.9 Å². The van der Waals surface area contributed by atoms with Crippen molar-refractivity contribution in [3.8, 4) is 11.1 Å². The van der Waals surface area contributed by atoms with Crippen LogP contribution in [-0.2, 0) is 16.1 Å². The number of hydrogen-bond acceptors (Lipinski definition) is 6. The summed E-state index contributed by atoms with van der Waals surface area (Å²) in [5.74, 6) is -1.16. The highest BCUT2D eigenvalue weighted by Gasteiger charge is 2.32. The number of thiophene rings is 1. The largest absolute Gasteiger partial charge is 0.442 e. The van der Waals surface area contributed by atoms with E-state index in [4.69, 9.17) is 10.5 Å². The molecule has 0 spiro atoms. The zero-order valence-electron chi connectivity index (χ0n) is 18.3. The SMILES string of the molecule is CC(=O)NC[C@H]1CN(c2ccc(-c3ccc(CNc4sccc4C(N)=O)cc3)c(F)c2)C(=O)O1.